The first-order chi connectivity index (χ1) is 5.89. The number of hydrogen-bond donors (Lipinski definition) is 0. The van der Waals surface area contributed by atoms with Gasteiger partial charge >= 0.3 is 7.12 Å². The van der Waals surface area contributed by atoms with Crippen LogP contribution in [-0.2, 0) is 9.31 Å². The third-order valence-corrected chi connectivity index (χ3v) is 3.50. The third-order valence-electron chi connectivity index (χ3n) is 2.86. The Morgan fingerprint density at radius 2 is 1.54 bits per heavy atom. The maximum absolute atomic E-state index is 5.83. The Kier molecular flexibility index (Phi) is 3.36. The van der Waals surface area contributed by atoms with Crippen LogP contribution in [0.5, 0.6) is 0 Å². The zero-order valence-corrected chi connectivity index (χ0v) is 10.0. The molecule has 1 rings (SSSR count). The normalized spacial score (nSPS) is 25.2. The van der Waals surface area contributed by atoms with Gasteiger partial charge < -0.3 is 9.31 Å². The van der Waals surface area contributed by atoms with E-state index in [1.165, 1.54) is 0 Å². The second kappa shape index (κ2) is 3.83. The lowest BCUT2D eigenvalue weighted by Gasteiger charge is -2.32. The van der Waals surface area contributed by atoms with Crippen LogP contribution < -0.4 is 0 Å². The molecule has 1 aliphatic heterocycles. The molecule has 76 valence electrons. The van der Waals surface area contributed by atoms with Crippen molar-refractivity contribution >= 4 is 18.9 Å². The highest BCUT2D eigenvalue weighted by atomic mass is 32.2. The molecule has 0 unspecified atom stereocenters. The fourth-order valence-electron chi connectivity index (χ4n) is 1.30. The average Bonchev–Trinajstić information content (AvgIpc) is 2.17. The van der Waals surface area contributed by atoms with E-state index < -0.39 is 0 Å². The van der Waals surface area contributed by atoms with Crippen molar-refractivity contribution in [1.82, 2.24) is 0 Å². The van der Waals surface area contributed by atoms with Gasteiger partial charge in [0.1, 0.15) is 0 Å². The van der Waals surface area contributed by atoms with Crippen molar-refractivity contribution in [2.24, 2.45) is 0 Å². The minimum Gasteiger partial charge on any atom is -0.403 e. The molecule has 0 radical (unpaired) electrons. The molecule has 0 spiro atoms. The molecule has 0 aliphatic carbocycles. The zero-order valence-electron chi connectivity index (χ0n) is 9.22. The van der Waals surface area contributed by atoms with Gasteiger partial charge in [0, 0.05) is 0 Å². The maximum atomic E-state index is 5.83. The van der Waals surface area contributed by atoms with E-state index in [-0.39, 0.29) is 18.3 Å². The molecule has 0 saturated carbocycles. The maximum Gasteiger partial charge on any atom is 0.458 e. The highest BCUT2D eigenvalue weighted by Crippen LogP contribution is 2.37. The Balaban J connectivity index is 2.50. The molecular formula is C9H19BO2S. The molecule has 1 aliphatic rings. The molecule has 1 heterocycles. The van der Waals surface area contributed by atoms with Crippen molar-refractivity contribution in [3.8, 4) is 0 Å². The molecule has 4 heteroatoms. The lowest BCUT2D eigenvalue weighted by atomic mass is 9.86. The van der Waals surface area contributed by atoms with Gasteiger partial charge in [0.2, 0.25) is 0 Å². The van der Waals surface area contributed by atoms with Gasteiger partial charge in [-0.2, -0.15) is 11.8 Å². The highest BCUT2D eigenvalue weighted by molar-refractivity contribution is 7.98. The van der Waals surface area contributed by atoms with Crippen LogP contribution in [0.15, 0.2) is 0 Å². The molecular weight excluding hydrogens is 183 g/mol. The van der Waals surface area contributed by atoms with E-state index >= 15 is 0 Å². The quantitative estimate of drug-likeness (QED) is 0.655. The van der Waals surface area contributed by atoms with E-state index in [1.54, 1.807) is 0 Å². The molecule has 1 fully saturated rings. The number of thioether (sulfide) groups is 1. The van der Waals surface area contributed by atoms with Gasteiger partial charge in [-0.05, 0) is 46.0 Å². The number of hydrogen-bond acceptors (Lipinski definition) is 3. The van der Waals surface area contributed by atoms with Crippen LogP contribution >= 0.6 is 11.8 Å². The SMILES string of the molecule is CSCCB1OC(C)(C)C(C)(C)O1. The summed E-state index contributed by atoms with van der Waals surface area (Å²) >= 11 is 1.83. The fourth-order valence-corrected chi connectivity index (χ4v) is 1.73. The summed E-state index contributed by atoms with van der Waals surface area (Å²) in [6.07, 6.45) is 3.08. The molecule has 0 aromatic rings. The van der Waals surface area contributed by atoms with Crippen LogP contribution in [0.25, 0.3) is 0 Å². The predicted octanol–water partition coefficient (Wildman–Crippen LogP) is 2.44. The molecule has 0 N–H and O–H groups in total. The van der Waals surface area contributed by atoms with Crippen molar-refractivity contribution in [3.63, 3.8) is 0 Å². The van der Waals surface area contributed by atoms with Gasteiger partial charge in [0.05, 0.1) is 11.2 Å². The van der Waals surface area contributed by atoms with E-state index in [2.05, 4.69) is 34.0 Å². The van der Waals surface area contributed by atoms with Crippen LogP contribution in [0.4, 0.5) is 0 Å². The lowest BCUT2D eigenvalue weighted by Crippen LogP contribution is -2.41. The Labute approximate surface area is 85.9 Å². The Morgan fingerprint density at radius 3 is 1.92 bits per heavy atom. The third kappa shape index (κ3) is 2.42. The summed E-state index contributed by atoms with van der Waals surface area (Å²) in [5, 5.41) is 0. The van der Waals surface area contributed by atoms with Gasteiger partial charge in [-0.25, -0.2) is 0 Å². The lowest BCUT2D eigenvalue weighted by molar-refractivity contribution is 0.00578. The average molecular weight is 202 g/mol. The van der Waals surface area contributed by atoms with Gasteiger partial charge in [0.15, 0.2) is 0 Å². The number of rotatable bonds is 3. The molecule has 0 amide bonds. The largest absolute Gasteiger partial charge is 0.458 e. The predicted molar refractivity (Wildman–Crippen MR) is 59.3 cm³/mol. The fraction of sp³-hybridized carbons (Fsp3) is 1.00. The molecule has 13 heavy (non-hydrogen) atoms. The van der Waals surface area contributed by atoms with Crippen molar-refractivity contribution in [2.75, 3.05) is 12.0 Å². The van der Waals surface area contributed by atoms with Crippen LogP contribution in [0.3, 0.4) is 0 Å². The van der Waals surface area contributed by atoms with E-state index in [4.69, 9.17) is 9.31 Å². The van der Waals surface area contributed by atoms with Crippen LogP contribution in [-0.4, -0.2) is 30.3 Å². The summed E-state index contributed by atoms with van der Waals surface area (Å²) in [6.45, 7) is 8.36. The smallest absolute Gasteiger partial charge is 0.403 e. The second-order valence-electron chi connectivity index (χ2n) is 4.47. The summed E-state index contributed by atoms with van der Waals surface area (Å²) in [6, 6.07) is 0. The topological polar surface area (TPSA) is 18.5 Å². The van der Waals surface area contributed by atoms with E-state index in [9.17, 15) is 0 Å². The summed E-state index contributed by atoms with van der Waals surface area (Å²) < 4.78 is 11.7. The van der Waals surface area contributed by atoms with Crippen LogP contribution in [0, 0.1) is 0 Å². The summed E-state index contributed by atoms with van der Waals surface area (Å²) in [4.78, 5) is 0. The van der Waals surface area contributed by atoms with Gasteiger partial charge in [-0.1, -0.05) is 0 Å². The van der Waals surface area contributed by atoms with Gasteiger partial charge in [-0.15, -0.1) is 0 Å². The zero-order chi connectivity index (χ0) is 10.1. The Bertz CT molecular complexity index is 166. The van der Waals surface area contributed by atoms with Crippen molar-refractivity contribution in [3.05, 3.63) is 0 Å². The van der Waals surface area contributed by atoms with Crippen LogP contribution in [0.1, 0.15) is 27.7 Å². The first kappa shape index (κ1) is 11.4. The first-order valence-corrected chi connectivity index (χ1v) is 6.13. The van der Waals surface area contributed by atoms with Crippen LogP contribution in [0.2, 0.25) is 6.32 Å². The molecule has 0 aromatic carbocycles. The molecule has 0 aromatic heterocycles. The minimum absolute atomic E-state index is 0.0163. The second-order valence-corrected chi connectivity index (χ2v) is 5.45. The summed E-state index contributed by atoms with van der Waals surface area (Å²) in [5.41, 5.74) is -0.341. The Hall–Kier alpha value is 0.335. The molecule has 0 atom stereocenters. The molecule has 2 nitrogen and oxygen atoms in total. The van der Waals surface area contributed by atoms with E-state index in [1.807, 2.05) is 11.8 Å². The van der Waals surface area contributed by atoms with E-state index in [0.29, 0.717) is 0 Å². The molecule has 1 saturated heterocycles. The molecule has 0 bridgehead atoms. The highest BCUT2D eigenvalue weighted by Gasteiger charge is 2.50. The summed E-state index contributed by atoms with van der Waals surface area (Å²) in [5.74, 6) is 1.09. The van der Waals surface area contributed by atoms with Crippen molar-refractivity contribution < 1.29 is 9.31 Å². The minimum atomic E-state index is -0.171. The summed E-state index contributed by atoms with van der Waals surface area (Å²) in [7, 11) is -0.0163. The van der Waals surface area contributed by atoms with Gasteiger partial charge in [0.25, 0.3) is 0 Å². The van der Waals surface area contributed by atoms with Crippen molar-refractivity contribution in [1.29, 1.82) is 0 Å². The van der Waals surface area contributed by atoms with Crippen molar-refractivity contribution in [2.45, 2.75) is 45.2 Å². The first-order valence-electron chi connectivity index (χ1n) is 4.73. The monoisotopic (exact) mass is 202 g/mol. The van der Waals surface area contributed by atoms with E-state index in [0.717, 1.165) is 12.1 Å². The van der Waals surface area contributed by atoms with Gasteiger partial charge in [-0.3, -0.25) is 0 Å². The Morgan fingerprint density at radius 1 is 1.08 bits per heavy atom. The standard InChI is InChI=1S/C9H19BO2S/c1-8(2)9(3,4)12-10(11-8)6-7-13-5/h6-7H2,1-5H3.